The summed E-state index contributed by atoms with van der Waals surface area (Å²) in [6, 6.07) is 0. The van der Waals surface area contributed by atoms with Crippen LogP contribution in [0.2, 0.25) is 0 Å². The molecule has 194 valence electrons. The van der Waals surface area contributed by atoms with Gasteiger partial charge in [-0.25, -0.2) is 0 Å². The van der Waals surface area contributed by atoms with E-state index >= 15 is 0 Å². The van der Waals surface area contributed by atoms with Crippen molar-refractivity contribution in [3.63, 3.8) is 0 Å². The molecule has 0 amide bonds. The van der Waals surface area contributed by atoms with Gasteiger partial charge in [-0.2, -0.15) is 0 Å². The van der Waals surface area contributed by atoms with Crippen molar-refractivity contribution in [1.29, 1.82) is 0 Å². The molecule has 1 atom stereocenters. The van der Waals surface area contributed by atoms with E-state index in [1.165, 1.54) is 161 Å². The molecule has 0 N–H and O–H groups in total. The highest BCUT2D eigenvalue weighted by Gasteiger charge is 2.24. The molecule has 0 aromatic carbocycles. The summed E-state index contributed by atoms with van der Waals surface area (Å²) in [5.41, 5.74) is 0.541. The van der Waals surface area contributed by atoms with Crippen LogP contribution in [0.4, 0.5) is 0 Å². The van der Waals surface area contributed by atoms with E-state index < -0.39 is 0 Å². The first-order valence-corrected chi connectivity index (χ1v) is 15.5. The molecular weight excluding hydrogens is 384 g/mol. The maximum atomic E-state index is 2.53. The van der Waals surface area contributed by atoms with E-state index in [1.807, 2.05) is 0 Å². The van der Waals surface area contributed by atoms with Gasteiger partial charge in [-0.05, 0) is 17.8 Å². The second kappa shape index (κ2) is 24.1. The Morgan fingerprint density at radius 3 is 1.03 bits per heavy atom. The van der Waals surface area contributed by atoms with Crippen LogP contribution in [0.25, 0.3) is 0 Å². The molecule has 0 radical (unpaired) electrons. The van der Waals surface area contributed by atoms with Crippen LogP contribution >= 0.6 is 0 Å². The Morgan fingerprint density at radius 2 is 0.688 bits per heavy atom. The second-order valence-electron chi connectivity index (χ2n) is 11.9. The highest BCUT2D eigenvalue weighted by Crippen LogP contribution is 2.36. The summed E-state index contributed by atoms with van der Waals surface area (Å²) in [6.45, 7) is 12.2. The van der Waals surface area contributed by atoms with E-state index in [9.17, 15) is 0 Å². The first-order chi connectivity index (χ1) is 15.5. The van der Waals surface area contributed by atoms with Crippen LogP contribution in [0.5, 0.6) is 0 Å². The molecule has 0 saturated carbocycles. The molecule has 0 spiro atoms. The smallest absolute Gasteiger partial charge is 0.0329 e. The third-order valence-electron chi connectivity index (χ3n) is 8.25. The minimum absolute atomic E-state index is 0.541. The first-order valence-electron chi connectivity index (χ1n) is 15.5. The summed E-state index contributed by atoms with van der Waals surface area (Å²) in [5, 5.41) is 0. The van der Waals surface area contributed by atoms with Gasteiger partial charge < -0.3 is 0 Å². The van der Waals surface area contributed by atoms with Crippen LogP contribution in [-0.2, 0) is 0 Å². The van der Waals surface area contributed by atoms with Crippen LogP contribution in [0.1, 0.15) is 195 Å². The molecule has 0 aliphatic heterocycles. The van der Waals surface area contributed by atoms with Gasteiger partial charge in [-0.1, -0.05) is 189 Å². The minimum Gasteiger partial charge on any atom is -0.0654 e. The van der Waals surface area contributed by atoms with E-state index in [0.717, 1.165) is 5.92 Å². The first kappa shape index (κ1) is 32.0. The van der Waals surface area contributed by atoms with Gasteiger partial charge in [-0.3, -0.25) is 0 Å². The van der Waals surface area contributed by atoms with Crippen LogP contribution in [0.15, 0.2) is 0 Å². The van der Waals surface area contributed by atoms with E-state index in [2.05, 4.69) is 34.6 Å². The van der Waals surface area contributed by atoms with Crippen LogP contribution in [-0.4, -0.2) is 0 Å². The van der Waals surface area contributed by atoms with Crippen LogP contribution < -0.4 is 0 Å². The van der Waals surface area contributed by atoms with E-state index in [0.29, 0.717) is 5.41 Å². The van der Waals surface area contributed by atoms with Crippen LogP contribution in [0.3, 0.4) is 0 Å². The predicted molar refractivity (Wildman–Crippen MR) is 150 cm³/mol. The fraction of sp³-hybridized carbons (Fsp3) is 1.00. The zero-order valence-corrected chi connectivity index (χ0v) is 23.8. The standard InChI is InChI=1S/C32H66/c1-6-8-10-12-14-15-16-17-18-19-20-21-22-23-24-25-27-29-31(3)32(4,5)30-28-26-13-11-9-7-2/h31H,6-30H2,1-5H3. The van der Waals surface area contributed by atoms with Gasteiger partial charge in [0.05, 0.1) is 0 Å². The number of hydrogen-bond acceptors (Lipinski definition) is 0. The molecule has 0 nitrogen and oxygen atoms in total. The average Bonchev–Trinajstić information content (AvgIpc) is 2.78. The Balaban J connectivity index is 3.36. The summed E-state index contributed by atoms with van der Waals surface area (Å²) in [7, 11) is 0. The molecule has 0 fully saturated rings. The van der Waals surface area contributed by atoms with Gasteiger partial charge in [0.1, 0.15) is 0 Å². The molecule has 0 aromatic heterocycles. The minimum atomic E-state index is 0.541. The van der Waals surface area contributed by atoms with E-state index in [-0.39, 0.29) is 0 Å². The Bertz CT molecular complexity index is 342. The van der Waals surface area contributed by atoms with Gasteiger partial charge in [0.25, 0.3) is 0 Å². The predicted octanol–water partition coefficient (Wildman–Crippen LogP) is 12.4. The molecule has 0 heteroatoms. The molecule has 0 saturated heterocycles. The highest BCUT2D eigenvalue weighted by molar-refractivity contribution is 4.75. The summed E-state index contributed by atoms with van der Waals surface area (Å²) < 4.78 is 0. The molecule has 0 heterocycles. The SMILES string of the molecule is CCCCCCCCCCCCCCCCCCCC(C)C(C)(C)CCCCCCCC. The maximum Gasteiger partial charge on any atom is -0.0329 e. The Kier molecular flexibility index (Phi) is 24.1. The molecule has 1 unspecified atom stereocenters. The summed E-state index contributed by atoms with van der Waals surface area (Å²) >= 11 is 0. The van der Waals surface area contributed by atoms with Crippen molar-refractivity contribution in [3.05, 3.63) is 0 Å². The normalized spacial score (nSPS) is 13.0. The maximum absolute atomic E-state index is 2.53. The van der Waals surface area contributed by atoms with Gasteiger partial charge >= 0.3 is 0 Å². The molecule has 0 aromatic rings. The zero-order valence-electron chi connectivity index (χ0n) is 23.8. The van der Waals surface area contributed by atoms with Crippen molar-refractivity contribution in [2.75, 3.05) is 0 Å². The largest absolute Gasteiger partial charge is 0.0654 e. The van der Waals surface area contributed by atoms with Gasteiger partial charge in [0.2, 0.25) is 0 Å². The summed E-state index contributed by atoms with van der Waals surface area (Å²) in [6.07, 6.45) is 36.5. The van der Waals surface area contributed by atoms with Crippen molar-refractivity contribution in [3.8, 4) is 0 Å². The second-order valence-corrected chi connectivity index (χ2v) is 11.9. The Hall–Kier alpha value is 0. The van der Waals surface area contributed by atoms with Gasteiger partial charge in [0, 0.05) is 0 Å². The quantitative estimate of drug-likeness (QED) is 0.115. The van der Waals surface area contributed by atoms with Crippen molar-refractivity contribution < 1.29 is 0 Å². The Morgan fingerprint density at radius 1 is 0.406 bits per heavy atom. The molecule has 0 aliphatic carbocycles. The number of rotatable bonds is 26. The molecule has 0 aliphatic rings. The average molecular weight is 451 g/mol. The molecule has 32 heavy (non-hydrogen) atoms. The lowest BCUT2D eigenvalue weighted by Gasteiger charge is -2.32. The van der Waals surface area contributed by atoms with Crippen molar-refractivity contribution in [2.24, 2.45) is 11.3 Å². The van der Waals surface area contributed by atoms with Gasteiger partial charge in [0.15, 0.2) is 0 Å². The molecule has 0 bridgehead atoms. The van der Waals surface area contributed by atoms with E-state index in [1.54, 1.807) is 0 Å². The van der Waals surface area contributed by atoms with Crippen molar-refractivity contribution in [1.82, 2.24) is 0 Å². The summed E-state index contributed by atoms with van der Waals surface area (Å²) in [5.74, 6) is 0.884. The van der Waals surface area contributed by atoms with Crippen molar-refractivity contribution in [2.45, 2.75) is 195 Å². The lowest BCUT2D eigenvalue weighted by molar-refractivity contribution is 0.189. The number of unbranched alkanes of at least 4 members (excludes halogenated alkanes) is 21. The molecular formula is C32H66. The topological polar surface area (TPSA) is 0 Å². The lowest BCUT2D eigenvalue weighted by Crippen LogP contribution is -2.21. The summed E-state index contributed by atoms with van der Waals surface area (Å²) in [4.78, 5) is 0. The molecule has 0 rings (SSSR count). The number of hydrogen-bond donors (Lipinski definition) is 0. The Labute approximate surface area is 206 Å². The lowest BCUT2D eigenvalue weighted by atomic mass is 9.74. The van der Waals surface area contributed by atoms with Crippen molar-refractivity contribution >= 4 is 0 Å². The van der Waals surface area contributed by atoms with E-state index in [4.69, 9.17) is 0 Å². The van der Waals surface area contributed by atoms with Crippen LogP contribution in [0, 0.1) is 11.3 Å². The van der Waals surface area contributed by atoms with Gasteiger partial charge in [-0.15, -0.1) is 0 Å². The third-order valence-corrected chi connectivity index (χ3v) is 8.25. The fourth-order valence-corrected chi connectivity index (χ4v) is 5.17. The third kappa shape index (κ3) is 21.8. The monoisotopic (exact) mass is 451 g/mol. The highest BCUT2D eigenvalue weighted by atomic mass is 14.3. The zero-order chi connectivity index (χ0) is 23.8. The fourth-order valence-electron chi connectivity index (χ4n) is 5.17.